The number of carbonyl (C=O) groups is 1. The van der Waals surface area contributed by atoms with Crippen LogP contribution in [0.2, 0.25) is 0 Å². The Hall–Kier alpha value is -1.17. The zero-order chi connectivity index (χ0) is 20.4. The van der Waals surface area contributed by atoms with Crippen molar-refractivity contribution in [3.8, 4) is 0 Å². The van der Waals surface area contributed by atoms with Gasteiger partial charge in [-0.05, 0) is 0 Å². The van der Waals surface area contributed by atoms with Gasteiger partial charge in [-0.1, -0.05) is 0 Å². The van der Waals surface area contributed by atoms with Gasteiger partial charge in [0, 0.05) is 0 Å². The number of ether oxygens (including phenoxy) is 3. The summed E-state index contributed by atoms with van der Waals surface area (Å²) in [6, 6.07) is -1.03. The Balaban J connectivity index is 2.11. The maximum Gasteiger partial charge on any atom is 0.336 e. The molecule has 14 heteroatoms. The first-order valence-electron chi connectivity index (χ1n) is 7.97. The number of urea groups is 1. The number of hydrogen-bond donors (Lipinski definition) is 9. The lowest BCUT2D eigenvalue weighted by molar-refractivity contribution is -0.384. The second kappa shape index (κ2) is 8.89. The zero-order valence-corrected chi connectivity index (χ0v) is 14.0. The van der Waals surface area contributed by atoms with Gasteiger partial charge in [-0.25, -0.2) is 10.3 Å². The first-order valence-corrected chi connectivity index (χ1v) is 7.97. The molecule has 0 spiro atoms. The van der Waals surface area contributed by atoms with E-state index in [9.17, 15) is 35.4 Å². The summed E-state index contributed by atoms with van der Waals surface area (Å²) in [5, 5.41) is 68.6. The van der Waals surface area contributed by atoms with E-state index in [2.05, 4.69) is 4.84 Å². The number of nitrogens with two attached hydrogens (primary N) is 1. The number of aliphatic hydroxyl groups is 7. The minimum absolute atomic E-state index is 0.509. The van der Waals surface area contributed by atoms with Gasteiger partial charge in [0.15, 0.2) is 6.29 Å². The number of primary amides is 1. The number of hydrogen-bond acceptors (Lipinski definition) is 12. The molecule has 0 aromatic carbocycles. The lowest BCUT2D eigenvalue weighted by atomic mass is 9.99. The maximum absolute atomic E-state index is 10.6. The van der Waals surface area contributed by atoms with E-state index >= 15 is 0 Å². The fourth-order valence-electron chi connectivity index (χ4n) is 2.81. The smallest absolute Gasteiger partial charge is 0.336 e. The molecule has 9 atom stereocenters. The Kier molecular flexibility index (Phi) is 7.28. The first-order chi connectivity index (χ1) is 12.7. The van der Waals surface area contributed by atoms with Gasteiger partial charge in [-0.3, -0.25) is 4.84 Å². The Bertz CT molecular complexity index is 512. The second-order valence-electron chi connectivity index (χ2n) is 6.15. The number of nitrogens with one attached hydrogen (secondary N) is 1. The van der Waals surface area contributed by atoms with E-state index in [0.717, 1.165) is 0 Å². The van der Waals surface area contributed by atoms with Crippen LogP contribution in [0, 0.1) is 0 Å². The van der Waals surface area contributed by atoms with Crippen LogP contribution in [0.15, 0.2) is 0 Å². The van der Waals surface area contributed by atoms with E-state index in [1.165, 1.54) is 0 Å². The van der Waals surface area contributed by atoms with Crippen LogP contribution >= 0.6 is 0 Å². The van der Waals surface area contributed by atoms with Crippen LogP contribution in [-0.2, 0) is 19.0 Å². The lowest BCUT2D eigenvalue weighted by Crippen LogP contribution is -2.63. The van der Waals surface area contributed by atoms with Gasteiger partial charge in [0.1, 0.15) is 55.9 Å². The molecule has 0 aromatic heterocycles. The van der Waals surface area contributed by atoms with Gasteiger partial charge in [-0.15, -0.1) is 0 Å². The second-order valence-corrected chi connectivity index (χ2v) is 6.15. The molecule has 0 unspecified atom stereocenters. The third-order valence-electron chi connectivity index (χ3n) is 4.31. The Labute approximate surface area is 152 Å². The normalized spacial score (nSPS) is 45.0. The summed E-state index contributed by atoms with van der Waals surface area (Å²) in [5.74, 6) is -2.28. The van der Waals surface area contributed by atoms with E-state index in [4.69, 9.17) is 25.1 Å². The Morgan fingerprint density at radius 2 is 1.70 bits per heavy atom. The molecule has 2 rings (SSSR count). The predicted molar refractivity (Wildman–Crippen MR) is 80.2 cm³/mol. The molecule has 2 amide bonds. The van der Waals surface area contributed by atoms with E-state index in [1.807, 2.05) is 0 Å². The van der Waals surface area contributed by atoms with Crippen molar-refractivity contribution >= 4 is 6.03 Å². The third kappa shape index (κ3) is 4.47. The van der Waals surface area contributed by atoms with Gasteiger partial charge >= 0.3 is 6.03 Å². The lowest BCUT2D eigenvalue weighted by Gasteiger charge is -2.43. The highest BCUT2D eigenvalue weighted by atomic mass is 16.8. The third-order valence-corrected chi connectivity index (χ3v) is 4.31. The molecule has 0 bridgehead atoms. The van der Waals surface area contributed by atoms with Crippen molar-refractivity contribution in [2.45, 2.75) is 54.8 Å². The minimum atomic E-state index is -2.28. The molecule has 14 nitrogen and oxygen atoms in total. The molecule has 158 valence electrons. The maximum atomic E-state index is 10.6. The van der Waals surface area contributed by atoms with Crippen LogP contribution in [0.1, 0.15) is 0 Å². The van der Waals surface area contributed by atoms with Crippen LogP contribution in [0.25, 0.3) is 0 Å². The highest BCUT2D eigenvalue weighted by molar-refractivity contribution is 5.70. The fourth-order valence-corrected chi connectivity index (χ4v) is 2.81. The Morgan fingerprint density at radius 3 is 2.22 bits per heavy atom. The average Bonchev–Trinajstić information content (AvgIpc) is 2.88. The molecule has 0 radical (unpaired) electrons. The largest absolute Gasteiger partial charge is 0.394 e. The summed E-state index contributed by atoms with van der Waals surface area (Å²) in [7, 11) is 0. The van der Waals surface area contributed by atoms with Crippen LogP contribution in [-0.4, -0.2) is 116 Å². The van der Waals surface area contributed by atoms with E-state index in [-0.39, 0.29) is 0 Å². The molecule has 2 aliphatic rings. The van der Waals surface area contributed by atoms with Crippen LogP contribution in [0.3, 0.4) is 0 Å². The highest BCUT2D eigenvalue weighted by Gasteiger charge is 2.58. The van der Waals surface area contributed by atoms with E-state index < -0.39 is 80.7 Å². The topological polar surface area (TPSA) is 234 Å². The summed E-state index contributed by atoms with van der Waals surface area (Å²) in [5.41, 5.74) is 6.58. The van der Waals surface area contributed by atoms with Gasteiger partial charge < -0.3 is 55.7 Å². The van der Waals surface area contributed by atoms with Crippen molar-refractivity contribution in [2.75, 3.05) is 19.8 Å². The number of amides is 2. The van der Waals surface area contributed by atoms with Crippen LogP contribution in [0.5, 0.6) is 0 Å². The standard InChI is InChI=1S/C13H24N2O12/c14-12(23)15-24-2-5-6(18)8(20)9(21)11(25-5)27-13(3-17)10(22)7(19)4(1-16)26-13/h4-11,16-22H,1-3H2,(H3,14,15,23)/t4-,5-,6-,7-,8+,9-,10+,11-,13+/m1/s1. The zero-order valence-electron chi connectivity index (χ0n) is 14.0. The van der Waals surface area contributed by atoms with E-state index in [1.54, 1.807) is 5.48 Å². The van der Waals surface area contributed by atoms with Crippen LogP contribution < -0.4 is 11.2 Å². The highest BCUT2D eigenvalue weighted by Crippen LogP contribution is 2.35. The van der Waals surface area contributed by atoms with Gasteiger partial charge in [0.2, 0.25) is 5.79 Å². The Morgan fingerprint density at radius 1 is 1.04 bits per heavy atom. The van der Waals surface area contributed by atoms with Gasteiger partial charge in [0.25, 0.3) is 0 Å². The summed E-state index contributed by atoms with van der Waals surface area (Å²) >= 11 is 0. The summed E-state index contributed by atoms with van der Waals surface area (Å²) < 4.78 is 15.7. The van der Waals surface area contributed by atoms with Crippen molar-refractivity contribution < 1.29 is 59.6 Å². The van der Waals surface area contributed by atoms with Gasteiger partial charge in [0.05, 0.1) is 6.61 Å². The minimum Gasteiger partial charge on any atom is -0.394 e. The van der Waals surface area contributed by atoms with Crippen molar-refractivity contribution in [3.05, 3.63) is 0 Å². The molecule has 2 fully saturated rings. The average molecular weight is 400 g/mol. The predicted octanol–water partition coefficient (Wildman–Crippen LogP) is -5.79. The molecule has 27 heavy (non-hydrogen) atoms. The fraction of sp³-hybridized carbons (Fsp3) is 0.923. The van der Waals surface area contributed by atoms with Crippen molar-refractivity contribution in [3.63, 3.8) is 0 Å². The van der Waals surface area contributed by atoms with Crippen molar-refractivity contribution in [1.82, 2.24) is 5.48 Å². The quantitative estimate of drug-likeness (QED) is 0.182. The molecule has 10 N–H and O–H groups in total. The monoisotopic (exact) mass is 400 g/mol. The molecule has 0 aliphatic carbocycles. The summed E-state index contributed by atoms with van der Waals surface area (Å²) in [4.78, 5) is 15.3. The molecular weight excluding hydrogens is 376 g/mol. The molecule has 2 heterocycles. The SMILES string of the molecule is NC(=O)NOC[C@H]1O[C@H](O[C@]2(CO)O[C@H](CO)[C@@H](O)[C@@H]2O)[C@H](O)[C@@H](O)[C@@H]1O. The first kappa shape index (κ1) is 22.1. The summed E-state index contributed by atoms with van der Waals surface area (Å²) in [6.45, 7) is -2.21. The van der Waals surface area contributed by atoms with Gasteiger partial charge in [-0.2, -0.15) is 0 Å². The molecule has 0 aromatic rings. The number of carbonyl (C=O) groups excluding carboxylic acids is 1. The summed E-state index contributed by atoms with van der Waals surface area (Å²) in [6.07, 6.45) is -13.1. The molecule has 2 aliphatic heterocycles. The van der Waals surface area contributed by atoms with Crippen molar-refractivity contribution in [1.29, 1.82) is 0 Å². The van der Waals surface area contributed by atoms with Crippen molar-refractivity contribution in [2.24, 2.45) is 5.73 Å². The van der Waals surface area contributed by atoms with Crippen LogP contribution in [0.4, 0.5) is 4.79 Å². The number of rotatable bonds is 7. The van der Waals surface area contributed by atoms with E-state index in [0.29, 0.717) is 0 Å². The molecule has 0 saturated carbocycles. The number of aliphatic hydroxyl groups excluding tert-OH is 7. The number of hydroxylamine groups is 1. The molecular formula is C13H24N2O12. The molecule has 2 saturated heterocycles.